The van der Waals surface area contributed by atoms with Crippen LogP contribution in [0.1, 0.15) is 65.7 Å². The van der Waals surface area contributed by atoms with Gasteiger partial charge >= 0.3 is 0 Å². The average molecular weight is 543 g/mol. The van der Waals surface area contributed by atoms with Crippen LogP contribution in [0.15, 0.2) is 66.7 Å². The Hall–Kier alpha value is -4.41. The van der Waals surface area contributed by atoms with Crippen LogP contribution in [0.25, 0.3) is 0 Å². The Kier molecular flexibility index (Phi) is 8.28. The molecule has 0 spiro atoms. The lowest BCUT2D eigenvalue weighted by atomic mass is 10.1. The molecule has 1 saturated heterocycles. The van der Waals surface area contributed by atoms with Crippen LogP contribution in [-0.4, -0.2) is 72.7 Å². The minimum atomic E-state index is -0.499. The predicted octanol–water partition coefficient (Wildman–Crippen LogP) is 2.58. The highest BCUT2D eigenvalue weighted by atomic mass is 16.7. The van der Waals surface area contributed by atoms with Crippen LogP contribution >= 0.6 is 0 Å². The fourth-order valence-corrected chi connectivity index (χ4v) is 4.82. The summed E-state index contributed by atoms with van der Waals surface area (Å²) in [7, 11) is 1.52. The van der Waals surface area contributed by atoms with Crippen molar-refractivity contribution < 1.29 is 28.7 Å². The molecule has 2 aliphatic rings. The van der Waals surface area contributed by atoms with Gasteiger partial charge < -0.3 is 20.1 Å². The first-order valence-corrected chi connectivity index (χ1v) is 13.2. The lowest BCUT2D eigenvalue weighted by Crippen LogP contribution is -2.49. The van der Waals surface area contributed by atoms with Crippen LogP contribution in [0.3, 0.4) is 0 Å². The maximum absolute atomic E-state index is 12.9. The number of hydrogen-bond acceptors (Lipinski definition) is 7. The van der Waals surface area contributed by atoms with Gasteiger partial charge in [-0.2, -0.15) is 0 Å². The molecule has 10 heteroatoms. The van der Waals surface area contributed by atoms with Crippen molar-refractivity contribution >= 4 is 23.6 Å². The van der Waals surface area contributed by atoms with Crippen molar-refractivity contribution in [2.45, 2.75) is 31.6 Å². The lowest BCUT2D eigenvalue weighted by Gasteiger charge is -2.33. The molecular formula is C30H30N4O6. The Morgan fingerprint density at radius 3 is 2.23 bits per heavy atom. The molecule has 206 valence electrons. The number of hydrogen-bond donors (Lipinski definition) is 2. The molecule has 1 fully saturated rings. The fourth-order valence-electron chi connectivity index (χ4n) is 4.82. The van der Waals surface area contributed by atoms with Crippen molar-refractivity contribution in [1.29, 1.82) is 0 Å². The largest absolute Gasteiger partial charge is 0.354 e. The molecule has 5 rings (SSSR count). The number of imide groups is 1. The highest BCUT2D eigenvalue weighted by Crippen LogP contribution is 2.26. The summed E-state index contributed by atoms with van der Waals surface area (Å²) in [5, 5.41) is 5.44. The van der Waals surface area contributed by atoms with Crippen LogP contribution in [0.4, 0.5) is 0 Å². The van der Waals surface area contributed by atoms with Gasteiger partial charge in [-0.15, -0.1) is 0 Å². The van der Waals surface area contributed by atoms with Gasteiger partial charge in [0.15, 0.2) is 6.29 Å². The van der Waals surface area contributed by atoms with Gasteiger partial charge in [-0.3, -0.25) is 24.1 Å². The summed E-state index contributed by atoms with van der Waals surface area (Å²) < 4.78 is 11.6. The smallest absolute Gasteiger partial charge is 0.269 e. The minimum Gasteiger partial charge on any atom is -0.354 e. The first-order chi connectivity index (χ1) is 19.4. The molecule has 0 atom stereocenters. The Morgan fingerprint density at radius 2 is 1.57 bits per heavy atom. The molecule has 3 heterocycles. The number of benzene rings is 2. The molecule has 0 saturated carbocycles. The third-order valence-corrected chi connectivity index (χ3v) is 6.87. The summed E-state index contributed by atoms with van der Waals surface area (Å²) in [5.41, 5.74) is 2.97. The van der Waals surface area contributed by atoms with Gasteiger partial charge in [0.25, 0.3) is 23.6 Å². The van der Waals surface area contributed by atoms with Gasteiger partial charge in [-0.25, -0.2) is 4.98 Å². The summed E-state index contributed by atoms with van der Waals surface area (Å²) in [6.07, 6.45) is 1.10. The molecule has 3 aromatic rings. The maximum Gasteiger partial charge on any atom is 0.269 e. The molecule has 1 aromatic heterocycles. The number of rotatable bonds is 9. The van der Waals surface area contributed by atoms with Crippen molar-refractivity contribution in [2.75, 3.05) is 26.8 Å². The molecule has 10 nitrogen and oxygen atoms in total. The van der Waals surface area contributed by atoms with Gasteiger partial charge in [0.05, 0.1) is 30.4 Å². The molecule has 0 radical (unpaired) electrons. The van der Waals surface area contributed by atoms with E-state index < -0.39 is 12.3 Å². The van der Waals surface area contributed by atoms with Crippen LogP contribution in [0.2, 0.25) is 0 Å². The number of nitrogens with zero attached hydrogens (tertiary/aromatic N) is 2. The summed E-state index contributed by atoms with van der Waals surface area (Å²) in [6, 6.07) is 19.1. The van der Waals surface area contributed by atoms with E-state index in [1.807, 2.05) is 30.3 Å². The quantitative estimate of drug-likeness (QED) is 0.314. The van der Waals surface area contributed by atoms with Crippen LogP contribution in [0, 0.1) is 0 Å². The van der Waals surface area contributed by atoms with E-state index in [2.05, 4.69) is 15.6 Å². The van der Waals surface area contributed by atoms with E-state index in [-0.39, 0.29) is 42.5 Å². The normalized spacial score (nSPS) is 18.4. The number of carbonyl (C=O) groups is 4. The minimum absolute atomic E-state index is 0.178. The standard InChI is InChI=1S/C30H30N4O6/c1-31-28(36)25-16-20(15-21(33-25)14-19-8-3-2-4-9-19)27(35)32-13-7-12-26-39-17-22(18-40-26)34-29(37)23-10-5-6-11-24(23)30(34)38/h2-6,8-11,15-16,22,26H,7,12-14,17-18H2,1H3,(H,31,36)(H,32,35)/t22-,26-. The molecule has 0 unspecified atom stereocenters. The first kappa shape index (κ1) is 27.2. The molecule has 0 bridgehead atoms. The topological polar surface area (TPSA) is 127 Å². The van der Waals surface area contributed by atoms with E-state index in [0.717, 1.165) is 5.56 Å². The Morgan fingerprint density at radius 1 is 0.925 bits per heavy atom. The number of pyridine rings is 1. The molecule has 2 aromatic carbocycles. The second-order valence-electron chi connectivity index (χ2n) is 9.65. The summed E-state index contributed by atoms with van der Waals surface area (Å²) >= 11 is 0. The number of fused-ring (bicyclic) bond motifs is 1. The van der Waals surface area contributed by atoms with E-state index >= 15 is 0 Å². The Labute approximate surface area is 231 Å². The summed E-state index contributed by atoms with van der Waals surface area (Å²) in [5.74, 6) is -1.34. The van der Waals surface area contributed by atoms with Gasteiger partial charge in [0.1, 0.15) is 5.69 Å². The molecule has 2 N–H and O–H groups in total. The monoisotopic (exact) mass is 542 g/mol. The zero-order valence-electron chi connectivity index (χ0n) is 22.1. The van der Waals surface area contributed by atoms with E-state index in [1.165, 1.54) is 18.0 Å². The molecule has 2 aliphatic heterocycles. The molecule has 0 aliphatic carbocycles. The highest BCUT2D eigenvalue weighted by Gasteiger charge is 2.41. The zero-order valence-corrected chi connectivity index (χ0v) is 22.1. The second-order valence-corrected chi connectivity index (χ2v) is 9.65. The van der Waals surface area contributed by atoms with Crippen molar-refractivity contribution in [2.24, 2.45) is 0 Å². The second kappa shape index (κ2) is 12.2. The van der Waals surface area contributed by atoms with E-state index in [4.69, 9.17) is 9.47 Å². The van der Waals surface area contributed by atoms with Gasteiger partial charge in [0, 0.05) is 37.7 Å². The lowest BCUT2D eigenvalue weighted by molar-refractivity contribution is -0.199. The first-order valence-electron chi connectivity index (χ1n) is 13.2. The number of ether oxygens (including phenoxy) is 2. The third-order valence-electron chi connectivity index (χ3n) is 6.87. The average Bonchev–Trinajstić information content (AvgIpc) is 3.24. The van der Waals surface area contributed by atoms with Crippen molar-refractivity contribution in [1.82, 2.24) is 20.5 Å². The van der Waals surface area contributed by atoms with Crippen LogP contribution in [-0.2, 0) is 15.9 Å². The zero-order chi connectivity index (χ0) is 28.1. The number of nitrogens with one attached hydrogen (secondary N) is 2. The van der Waals surface area contributed by atoms with E-state index in [0.29, 0.717) is 48.2 Å². The third kappa shape index (κ3) is 5.93. The van der Waals surface area contributed by atoms with Gasteiger partial charge in [-0.1, -0.05) is 42.5 Å². The molecular weight excluding hydrogens is 512 g/mol. The summed E-state index contributed by atoms with van der Waals surface area (Å²) in [4.78, 5) is 56.2. The number of aromatic nitrogens is 1. The predicted molar refractivity (Wildman–Crippen MR) is 145 cm³/mol. The molecule has 40 heavy (non-hydrogen) atoms. The van der Waals surface area contributed by atoms with Crippen LogP contribution in [0.5, 0.6) is 0 Å². The Bertz CT molecular complexity index is 1380. The molecule has 4 amide bonds. The van der Waals surface area contributed by atoms with E-state index in [9.17, 15) is 19.2 Å². The fraction of sp³-hybridized carbons (Fsp3) is 0.300. The van der Waals surface area contributed by atoms with Crippen LogP contribution < -0.4 is 10.6 Å². The Balaban J connectivity index is 1.11. The maximum atomic E-state index is 12.9. The number of carbonyl (C=O) groups excluding carboxylic acids is 4. The van der Waals surface area contributed by atoms with Crippen molar-refractivity contribution in [3.05, 3.63) is 100 Å². The van der Waals surface area contributed by atoms with Gasteiger partial charge in [-0.05, 0) is 36.2 Å². The van der Waals surface area contributed by atoms with Gasteiger partial charge in [0.2, 0.25) is 0 Å². The SMILES string of the molecule is CNC(=O)c1cc(C(=O)NCCC[C@H]2OC[C@H](N3C(=O)c4ccccc4C3=O)CO2)cc(Cc2ccccc2)n1. The summed E-state index contributed by atoms with van der Waals surface area (Å²) in [6.45, 7) is 0.744. The number of amides is 4. The van der Waals surface area contributed by atoms with E-state index in [1.54, 1.807) is 30.3 Å². The highest BCUT2D eigenvalue weighted by molar-refractivity contribution is 6.21. The van der Waals surface area contributed by atoms with Crippen molar-refractivity contribution in [3.63, 3.8) is 0 Å². The van der Waals surface area contributed by atoms with Crippen molar-refractivity contribution in [3.8, 4) is 0 Å².